The normalized spacial score (nSPS) is 12.4. The summed E-state index contributed by atoms with van der Waals surface area (Å²) in [6, 6.07) is 9.92. The summed E-state index contributed by atoms with van der Waals surface area (Å²) in [5.41, 5.74) is 5.04. The highest BCUT2D eigenvalue weighted by Crippen LogP contribution is 2.31. The summed E-state index contributed by atoms with van der Waals surface area (Å²) in [5.74, 6) is -2.87. The first-order chi connectivity index (χ1) is 15.5. The van der Waals surface area contributed by atoms with E-state index in [1.165, 1.54) is 12.3 Å². The molecule has 33 heavy (non-hydrogen) atoms. The number of rotatable bonds is 8. The number of anilines is 2. The summed E-state index contributed by atoms with van der Waals surface area (Å²) < 4.78 is 55.6. The molecule has 0 bridgehead atoms. The Morgan fingerprint density at radius 3 is 2.52 bits per heavy atom. The van der Waals surface area contributed by atoms with Gasteiger partial charge in [0.15, 0.2) is 5.82 Å². The van der Waals surface area contributed by atoms with E-state index >= 15 is 4.39 Å². The summed E-state index contributed by atoms with van der Waals surface area (Å²) >= 11 is 5.90. The molecule has 0 aliphatic heterocycles. The van der Waals surface area contributed by atoms with E-state index in [-0.39, 0.29) is 23.6 Å². The highest BCUT2D eigenvalue weighted by molar-refractivity contribution is 7.92. The number of nitrogens with two attached hydrogens (primary N) is 1. The van der Waals surface area contributed by atoms with E-state index in [0.717, 1.165) is 12.1 Å². The fourth-order valence-electron chi connectivity index (χ4n) is 3.17. The van der Waals surface area contributed by atoms with Crippen LogP contribution in [0.4, 0.5) is 20.3 Å². The van der Waals surface area contributed by atoms with Gasteiger partial charge in [0.2, 0.25) is 10.0 Å². The van der Waals surface area contributed by atoms with Crippen molar-refractivity contribution in [2.24, 2.45) is 0 Å². The number of pyridine rings is 1. The third kappa shape index (κ3) is 5.47. The van der Waals surface area contributed by atoms with Crippen LogP contribution in [-0.4, -0.2) is 30.0 Å². The maximum atomic E-state index is 15.0. The molecule has 1 unspecified atom stereocenters. The fourth-order valence-corrected chi connectivity index (χ4v) is 4.43. The van der Waals surface area contributed by atoms with Gasteiger partial charge < -0.3 is 16.2 Å². The van der Waals surface area contributed by atoms with Gasteiger partial charge in [-0.05, 0) is 42.3 Å². The smallest absolute Gasteiger partial charge is 0.232 e. The van der Waals surface area contributed by atoms with Crippen molar-refractivity contribution in [2.45, 2.75) is 19.4 Å². The summed E-state index contributed by atoms with van der Waals surface area (Å²) in [6.07, 6.45) is -0.342. The SMILES string of the molecule is CCCS(=O)(=O)Nc1ccc(F)c(C(O)C(=N)c2cc(-c3ccc(Cl)cc3)cnc2N)c1F. The molecule has 7 nitrogen and oxygen atoms in total. The van der Waals surface area contributed by atoms with Crippen molar-refractivity contribution < 1.29 is 22.3 Å². The maximum absolute atomic E-state index is 15.0. The minimum absolute atomic E-state index is 0.0364. The summed E-state index contributed by atoms with van der Waals surface area (Å²) in [7, 11) is -3.87. The van der Waals surface area contributed by atoms with Gasteiger partial charge in [-0.3, -0.25) is 4.72 Å². The lowest BCUT2D eigenvalue weighted by atomic mass is 9.96. The molecule has 0 saturated carbocycles. The van der Waals surface area contributed by atoms with Gasteiger partial charge in [-0.1, -0.05) is 30.7 Å². The molecule has 1 aromatic heterocycles. The second-order valence-electron chi connectivity index (χ2n) is 7.22. The topological polar surface area (TPSA) is 129 Å². The van der Waals surface area contributed by atoms with Crippen molar-refractivity contribution in [3.05, 3.63) is 76.4 Å². The van der Waals surface area contributed by atoms with Crippen molar-refractivity contribution in [1.82, 2.24) is 4.98 Å². The molecule has 1 atom stereocenters. The minimum atomic E-state index is -3.87. The lowest BCUT2D eigenvalue weighted by Gasteiger charge is -2.18. The predicted molar refractivity (Wildman–Crippen MR) is 125 cm³/mol. The van der Waals surface area contributed by atoms with Crippen LogP contribution >= 0.6 is 11.6 Å². The van der Waals surface area contributed by atoms with Crippen LogP contribution in [0.2, 0.25) is 5.02 Å². The van der Waals surface area contributed by atoms with E-state index in [2.05, 4.69) is 4.98 Å². The average molecular weight is 495 g/mol. The van der Waals surface area contributed by atoms with Gasteiger partial charge in [-0.15, -0.1) is 0 Å². The van der Waals surface area contributed by atoms with Crippen LogP contribution in [0, 0.1) is 17.0 Å². The Labute approximate surface area is 194 Å². The van der Waals surface area contributed by atoms with Crippen LogP contribution in [0.1, 0.15) is 30.6 Å². The van der Waals surface area contributed by atoms with Crippen LogP contribution in [0.25, 0.3) is 11.1 Å². The molecule has 0 aliphatic rings. The Morgan fingerprint density at radius 1 is 1.21 bits per heavy atom. The van der Waals surface area contributed by atoms with Crippen molar-refractivity contribution in [3.63, 3.8) is 0 Å². The van der Waals surface area contributed by atoms with Crippen molar-refractivity contribution in [2.75, 3.05) is 16.2 Å². The summed E-state index contributed by atoms with van der Waals surface area (Å²) in [5, 5.41) is 19.5. The first-order valence-electron chi connectivity index (χ1n) is 9.80. The quantitative estimate of drug-likeness (QED) is 0.342. The Balaban J connectivity index is 2.00. The number of benzene rings is 2. The zero-order valence-electron chi connectivity index (χ0n) is 17.4. The van der Waals surface area contributed by atoms with Gasteiger partial charge in [0, 0.05) is 22.3 Å². The van der Waals surface area contributed by atoms with Crippen LogP contribution < -0.4 is 10.5 Å². The monoisotopic (exact) mass is 494 g/mol. The third-order valence-electron chi connectivity index (χ3n) is 4.80. The molecule has 0 aliphatic carbocycles. The van der Waals surface area contributed by atoms with E-state index in [4.69, 9.17) is 22.7 Å². The van der Waals surface area contributed by atoms with E-state index < -0.39 is 44.7 Å². The van der Waals surface area contributed by atoms with Gasteiger partial charge in [0.05, 0.1) is 22.7 Å². The summed E-state index contributed by atoms with van der Waals surface area (Å²) in [6.45, 7) is 1.63. The Hall–Kier alpha value is -3.08. The number of nitrogens with zero attached hydrogens (tertiary/aromatic N) is 1. The van der Waals surface area contributed by atoms with Crippen LogP contribution in [0.3, 0.4) is 0 Å². The zero-order valence-corrected chi connectivity index (χ0v) is 19.0. The lowest BCUT2D eigenvalue weighted by Crippen LogP contribution is -2.21. The van der Waals surface area contributed by atoms with Gasteiger partial charge in [0.25, 0.3) is 0 Å². The number of aliphatic hydroxyl groups is 1. The maximum Gasteiger partial charge on any atom is 0.232 e. The average Bonchev–Trinajstić information content (AvgIpc) is 2.76. The first-order valence-corrected chi connectivity index (χ1v) is 11.8. The van der Waals surface area contributed by atoms with Crippen LogP contribution in [0.15, 0.2) is 48.7 Å². The molecule has 2 aromatic carbocycles. The molecule has 174 valence electrons. The second kappa shape index (κ2) is 9.82. The molecule has 3 aromatic rings. The van der Waals surface area contributed by atoms with E-state index in [1.807, 2.05) is 4.72 Å². The highest BCUT2D eigenvalue weighted by atomic mass is 35.5. The Morgan fingerprint density at radius 2 is 1.88 bits per heavy atom. The Kier molecular flexibility index (Phi) is 7.31. The molecule has 0 amide bonds. The van der Waals surface area contributed by atoms with Crippen LogP contribution in [0.5, 0.6) is 0 Å². The van der Waals surface area contributed by atoms with E-state index in [1.54, 1.807) is 31.2 Å². The number of halogens is 3. The van der Waals surface area contributed by atoms with E-state index in [0.29, 0.717) is 16.1 Å². The largest absolute Gasteiger partial charge is 0.383 e. The summed E-state index contributed by atoms with van der Waals surface area (Å²) in [4.78, 5) is 4.02. The van der Waals surface area contributed by atoms with Crippen molar-refractivity contribution in [1.29, 1.82) is 5.41 Å². The number of aromatic nitrogens is 1. The molecular formula is C22H21ClF2N4O3S. The number of nitrogens with one attached hydrogen (secondary N) is 2. The van der Waals surface area contributed by atoms with Gasteiger partial charge in [-0.25, -0.2) is 22.2 Å². The molecular weight excluding hydrogens is 474 g/mol. The lowest BCUT2D eigenvalue weighted by molar-refractivity contribution is 0.235. The zero-order chi connectivity index (χ0) is 24.3. The molecule has 1 heterocycles. The van der Waals surface area contributed by atoms with Gasteiger partial charge in [0.1, 0.15) is 17.7 Å². The fraction of sp³-hybridized carbons (Fsp3) is 0.182. The second-order valence-corrected chi connectivity index (χ2v) is 9.50. The van der Waals surface area contributed by atoms with Gasteiger partial charge in [-0.2, -0.15) is 0 Å². The molecule has 11 heteroatoms. The number of sulfonamides is 1. The third-order valence-corrected chi connectivity index (χ3v) is 6.53. The Bertz CT molecular complexity index is 1300. The van der Waals surface area contributed by atoms with Crippen molar-refractivity contribution in [3.8, 4) is 11.1 Å². The molecule has 5 N–H and O–H groups in total. The highest BCUT2D eigenvalue weighted by Gasteiger charge is 2.27. The number of hydrogen-bond donors (Lipinski definition) is 4. The molecule has 0 radical (unpaired) electrons. The standard InChI is InChI=1S/C22H21ClF2N4O3S/c1-2-9-33(31,32)29-17-8-7-16(24)18(19(17)25)21(30)20(26)15-10-13(11-28-22(15)27)12-3-5-14(23)6-4-12/h3-8,10-11,21,26,29-30H,2,9H2,1H3,(H2,27,28). The van der Waals surface area contributed by atoms with Crippen molar-refractivity contribution >= 4 is 38.8 Å². The predicted octanol–water partition coefficient (Wildman–Crippen LogP) is 4.52. The molecule has 0 spiro atoms. The number of nitrogen functional groups attached to an aromatic ring is 1. The number of aliphatic hydroxyl groups excluding tert-OH is 1. The molecule has 0 saturated heterocycles. The molecule has 0 fully saturated rings. The minimum Gasteiger partial charge on any atom is -0.383 e. The first kappa shape index (κ1) is 24.6. The van der Waals surface area contributed by atoms with Crippen LogP contribution in [-0.2, 0) is 10.0 Å². The molecule has 3 rings (SSSR count). The van der Waals surface area contributed by atoms with Gasteiger partial charge >= 0.3 is 0 Å². The van der Waals surface area contributed by atoms with E-state index in [9.17, 15) is 17.9 Å². The number of hydrogen-bond acceptors (Lipinski definition) is 6.